The number of carbonyl (C=O) groups is 1. The molecule has 0 spiro atoms. The predicted molar refractivity (Wildman–Crippen MR) is 80.6 cm³/mol. The molecule has 5 unspecified atom stereocenters. The fourth-order valence-electron chi connectivity index (χ4n) is 3.19. The van der Waals surface area contributed by atoms with E-state index in [1.165, 1.54) is 0 Å². The van der Waals surface area contributed by atoms with E-state index in [4.69, 9.17) is 18.9 Å². The van der Waals surface area contributed by atoms with Gasteiger partial charge in [-0.05, 0) is 26.0 Å². The second kappa shape index (κ2) is 5.23. The third kappa shape index (κ3) is 2.44. The van der Waals surface area contributed by atoms with Gasteiger partial charge in [0.1, 0.15) is 17.6 Å². The van der Waals surface area contributed by atoms with Crippen LogP contribution in [0.1, 0.15) is 24.2 Å². The molecule has 3 aliphatic rings. The van der Waals surface area contributed by atoms with Gasteiger partial charge in [-0.1, -0.05) is 18.2 Å². The second-order valence-corrected chi connectivity index (χ2v) is 7.31. The lowest BCUT2D eigenvalue weighted by atomic mass is 10.0. The number of thioether (sulfide) groups is 1. The summed E-state index contributed by atoms with van der Waals surface area (Å²) >= 11 is 1.66. The second-order valence-electron chi connectivity index (χ2n) is 6.18. The molecule has 5 atom stereocenters. The summed E-state index contributed by atoms with van der Waals surface area (Å²) in [4.78, 5) is 12.4. The molecular formula is C16H18O5S. The van der Waals surface area contributed by atoms with Gasteiger partial charge in [0, 0.05) is 5.75 Å². The topological polar surface area (TPSA) is 54.0 Å². The Hall–Kier alpha value is -1.08. The van der Waals surface area contributed by atoms with E-state index in [2.05, 4.69) is 0 Å². The molecule has 2 bridgehead atoms. The normalized spacial score (nSPS) is 38.5. The van der Waals surface area contributed by atoms with Crippen molar-refractivity contribution in [3.05, 3.63) is 35.9 Å². The molecule has 5 nitrogen and oxygen atoms in total. The molecule has 0 N–H and O–H groups in total. The first-order valence-corrected chi connectivity index (χ1v) is 8.47. The van der Waals surface area contributed by atoms with Gasteiger partial charge in [0.2, 0.25) is 0 Å². The van der Waals surface area contributed by atoms with Gasteiger partial charge in [-0.25, -0.2) is 4.79 Å². The summed E-state index contributed by atoms with van der Waals surface area (Å²) in [6.45, 7) is 3.75. The molecule has 3 fully saturated rings. The smallest absolute Gasteiger partial charge is 0.338 e. The van der Waals surface area contributed by atoms with Crippen molar-refractivity contribution in [3.63, 3.8) is 0 Å². The number of carbonyl (C=O) groups excluding carboxylic acids is 1. The van der Waals surface area contributed by atoms with Crippen LogP contribution in [0.3, 0.4) is 0 Å². The maximum absolute atomic E-state index is 12.4. The lowest BCUT2D eigenvalue weighted by Crippen LogP contribution is -2.53. The van der Waals surface area contributed by atoms with Gasteiger partial charge < -0.3 is 18.9 Å². The molecular weight excluding hydrogens is 304 g/mol. The summed E-state index contributed by atoms with van der Waals surface area (Å²) < 4.78 is 23.6. The summed E-state index contributed by atoms with van der Waals surface area (Å²) in [6, 6.07) is 8.98. The third-order valence-electron chi connectivity index (χ3n) is 4.11. The van der Waals surface area contributed by atoms with Gasteiger partial charge in [-0.2, -0.15) is 0 Å². The first-order chi connectivity index (χ1) is 10.5. The monoisotopic (exact) mass is 322 g/mol. The van der Waals surface area contributed by atoms with Crippen LogP contribution < -0.4 is 0 Å². The van der Waals surface area contributed by atoms with Crippen molar-refractivity contribution < 1.29 is 23.7 Å². The maximum atomic E-state index is 12.4. The zero-order valence-electron chi connectivity index (χ0n) is 12.4. The van der Waals surface area contributed by atoms with Crippen molar-refractivity contribution in [2.75, 3.05) is 5.75 Å². The molecule has 1 aromatic rings. The fraction of sp³-hybridized carbons (Fsp3) is 0.562. The predicted octanol–water partition coefficient (Wildman–Crippen LogP) is 2.20. The van der Waals surface area contributed by atoms with E-state index in [9.17, 15) is 4.79 Å². The minimum atomic E-state index is -0.675. The fourth-order valence-corrected chi connectivity index (χ4v) is 4.46. The Morgan fingerprint density at radius 2 is 1.95 bits per heavy atom. The lowest BCUT2D eigenvalue weighted by molar-refractivity contribution is -0.154. The summed E-state index contributed by atoms with van der Waals surface area (Å²) in [5, 5.41) is 0. The Kier molecular flexibility index (Phi) is 3.45. The Morgan fingerprint density at radius 1 is 1.23 bits per heavy atom. The zero-order valence-corrected chi connectivity index (χ0v) is 13.2. The van der Waals surface area contributed by atoms with Crippen LogP contribution in [-0.4, -0.2) is 47.4 Å². The highest BCUT2D eigenvalue weighted by atomic mass is 32.2. The molecule has 3 aliphatic heterocycles. The van der Waals surface area contributed by atoms with E-state index in [0.29, 0.717) is 5.56 Å². The van der Waals surface area contributed by atoms with Crippen LogP contribution in [0.5, 0.6) is 0 Å². The van der Waals surface area contributed by atoms with Crippen LogP contribution in [0.4, 0.5) is 0 Å². The van der Waals surface area contributed by atoms with E-state index < -0.39 is 11.9 Å². The standard InChI is InChI=1S/C16H18O5S/c1-16(2)20-11-10-8-22-15(18-10)13(12(11)21-16)19-14(17)9-6-4-3-5-7-9/h3-7,10-13,15H,8H2,1-2H3. The highest BCUT2D eigenvalue weighted by molar-refractivity contribution is 8.00. The van der Waals surface area contributed by atoms with Crippen molar-refractivity contribution in [2.24, 2.45) is 0 Å². The van der Waals surface area contributed by atoms with Gasteiger partial charge in [-0.15, -0.1) is 11.8 Å². The van der Waals surface area contributed by atoms with Crippen molar-refractivity contribution in [1.82, 2.24) is 0 Å². The Balaban J connectivity index is 1.56. The van der Waals surface area contributed by atoms with Crippen LogP contribution in [-0.2, 0) is 18.9 Å². The minimum Gasteiger partial charge on any atom is -0.452 e. The lowest BCUT2D eigenvalue weighted by Gasteiger charge is -2.35. The van der Waals surface area contributed by atoms with Crippen LogP contribution in [0.15, 0.2) is 30.3 Å². The average molecular weight is 322 g/mol. The molecule has 1 aromatic carbocycles. The van der Waals surface area contributed by atoms with E-state index in [1.807, 2.05) is 32.0 Å². The largest absolute Gasteiger partial charge is 0.452 e. The van der Waals surface area contributed by atoms with Gasteiger partial charge >= 0.3 is 5.97 Å². The van der Waals surface area contributed by atoms with Crippen molar-refractivity contribution in [1.29, 1.82) is 0 Å². The third-order valence-corrected chi connectivity index (χ3v) is 5.34. The number of hydrogen-bond donors (Lipinski definition) is 0. The van der Waals surface area contributed by atoms with Gasteiger partial charge in [0.05, 0.1) is 11.7 Å². The molecule has 3 heterocycles. The number of rotatable bonds is 2. The number of fused-ring (bicyclic) bond motifs is 4. The summed E-state index contributed by atoms with van der Waals surface area (Å²) in [6.07, 6.45) is -0.909. The molecule has 0 aliphatic carbocycles. The quantitative estimate of drug-likeness (QED) is 0.778. The summed E-state index contributed by atoms with van der Waals surface area (Å²) in [7, 11) is 0. The van der Waals surface area contributed by atoms with Crippen LogP contribution >= 0.6 is 11.8 Å². The molecule has 118 valence electrons. The van der Waals surface area contributed by atoms with Gasteiger partial charge in [0.15, 0.2) is 11.9 Å². The number of ether oxygens (including phenoxy) is 4. The maximum Gasteiger partial charge on any atom is 0.338 e. The SMILES string of the molecule is CC1(C)OC2C3CSC(O3)C(OC(=O)c3ccccc3)C2O1. The van der Waals surface area contributed by atoms with Crippen LogP contribution in [0, 0.1) is 0 Å². The molecule has 6 heteroatoms. The van der Waals surface area contributed by atoms with Gasteiger partial charge in [0.25, 0.3) is 0 Å². The van der Waals surface area contributed by atoms with E-state index in [0.717, 1.165) is 5.75 Å². The van der Waals surface area contributed by atoms with Crippen LogP contribution in [0.25, 0.3) is 0 Å². The molecule has 0 saturated carbocycles. The molecule has 0 radical (unpaired) electrons. The Bertz CT molecular complexity index is 575. The van der Waals surface area contributed by atoms with Crippen molar-refractivity contribution >= 4 is 17.7 Å². The molecule has 3 saturated heterocycles. The Morgan fingerprint density at radius 3 is 2.73 bits per heavy atom. The summed E-state index contributed by atoms with van der Waals surface area (Å²) in [5.41, 5.74) is 0.346. The van der Waals surface area contributed by atoms with E-state index >= 15 is 0 Å². The molecule has 22 heavy (non-hydrogen) atoms. The number of hydrogen-bond acceptors (Lipinski definition) is 6. The highest BCUT2D eigenvalue weighted by Crippen LogP contribution is 2.46. The first-order valence-electron chi connectivity index (χ1n) is 7.42. The summed E-state index contributed by atoms with van der Waals surface area (Å²) in [5.74, 6) is -0.192. The molecule has 0 amide bonds. The highest BCUT2D eigenvalue weighted by Gasteiger charge is 2.59. The Labute approximate surface area is 133 Å². The number of esters is 1. The van der Waals surface area contributed by atoms with Crippen molar-refractivity contribution in [3.8, 4) is 0 Å². The molecule has 4 rings (SSSR count). The van der Waals surface area contributed by atoms with E-state index in [1.54, 1.807) is 23.9 Å². The number of benzene rings is 1. The first kappa shape index (κ1) is 14.5. The van der Waals surface area contributed by atoms with E-state index in [-0.39, 0.29) is 29.7 Å². The molecule has 0 aromatic heterocycles. The van der Waals surface area contributed by atoms with Crippen molar-refractivity contribution in [2.45, 2.75) is 49.5 Å². The average Bonchev–Trinajstić information content (AvgIpc) is 3.07. The van der Waals surface area contributed by atoms with Gasteiger partial charge in [-0.3, -0.25) is 0 Å². The zero-order chi connectivity index (χ0) is 15.3. The minimum absolute atomic E-state index is 0.00783. The van der Waals surface area contributed by atoms with Crippen LogP contribution in [0.2, 0.25) is 0 Å².